The van der Waals surface area contributed by atoms with Gasteiger partial charge in [0, 0.05) is 0 Å². The van der Waals surface area contributed by atoms with Crippen LogP contribution in [0.15, 0.2) is 27.9 Å². The highest BCUT2D eigenvalue weighted by Crippen LogP contribution is 2.56. The van der Waals surface area contributed by atoms with Crippen LogP contribution >= 0.6 is 0 Å². The largest absolute Gasteiger partial charge is 0.417 e. The molecular formula is C24H21F16N. The minimum atomic E-state index is -6.96. The van der Waals surface area contributed by atoms with Gasteiger partial charge < -0.3 is 0 Å². The minimum absolute atomic E-state index is 0.303. The second-order valence-electron chi connectivity index (χ2n) is 10.7. The fraction of sp³-hybridized carbons (Fsp3) is 0.542. The molecule has 234 valence electrons. The lowest BCUT2D eigenvalue weighted by atomic mass is 9.74. The van der Waals surface area contributed by atoms with Gasteiger partial charge in [0.1, 0.15) is 0 Å². The van der Waals surface area contributed by atoms with Gasteiger partial charge in [-0.1, -0.05) is 47.1 Å². The van der Waals surface area contributed by atoms with E-state index in [4.69, 9.17) is 0 Å². The molecule has 0 aromatic carbocycles. The number of hydrogen-bond acceptors (Lipinski definition) is 1. The summed E-state index contributed by atoms with van der Waals surface area (Å²) >= 11 is 0. The Bertz CT molecular complexity index is 1240. The number of nitrogens with zero attached hydrogens (tertiary/aromatic N) is 1. The summed E-state index contributed by atoms with van der Waals surface area (Å²) in [6.45, 7) is 4.16. The number of allylic oxidation sites excluding steroid dienone is 6. The number of aromatic nitrogens is 1. The average molecular weight is 627 g/mol. The summed E-state index contributed by atoms with van der Waals surface area (Å²) < 4.78 is 229. The SMILES string of the molecule is C\C(=C(/C(=C(/C(=C(/c1c(F)c(F)nc(F)c1F)C(C)(C)C)C(F)(F)F)C(F)(F)F)C(F)(F)F)C(F)(F)F)C(C)(C)C. The van der Waals surface area contributed by atoms with Crippen molar-refractivity contribution in [3.63, 3.8) is 0 Å². The highest BCUT2D eigenvalue weighted by molar-refractivity contribution is 5.79. The summed E-state index contributed by atoms with van der Waals surface area (Å²) in [6, 6.07) is 0. The first-order chi connectivity index (χ1) is 17.8. The molecule has 1 aromatic rings. The molecule has 0 aliphatic heterocycles. The number of halogens is 16. The lowest BCUT2D eigenvalue weighted by molar-refractivity contribution is -0.136. The van der Waals surface area contributed by atoms with Gasteiger partial charge >= 0.3 is 24.7 Å². The van der Waals surface area contributed by atoms with E-state index >= 15 is 0 Å². The highest BCUT2D eigenvalue weighted by Gasteiger charge is 2.59. The van der Waals surface area contributed by atoms with Crippen LogP contribution in [0.4, 0.5) is 70.2 Å². The van der Waals surface area contributed by atoms with E-state index in [0.717, 1.165) is 20.8 Å². The smallest absolute Gasteiger partial charge is 0.201 e. The molecule has 0 radical (unpaired) electrons. The molecule has 0 N–H and O–H groups in total. The third-order valence-electron chi connectivity index (χ3n) is 5.63. The number of hydrogen-bond donors (Lipinski definition) is 0. The second kappa shape index (κ2) is 10.8. The molecule has 0 fully saturated rings. The molecule has 0 unspecified atom stereocenters. The van der Waals surface area contributed by atoms with E-state index in [1.807, 2.05) is 4.98 Å². The van der Waals surface area contributed by atoms with Crippen LogP contribution in [0.5, 0.6) is 0 Å². The number of alkyl halides is 12. The van der Waals surface area contributed by atoms with Crippen molar-refractivity contribution < 1.29 is 70.2 Å². The predicted molar refractivity (Wildman–Crippen MR) is 114 cm³/mol. The monoisotopic (exact) mass is 627 g/mol. The molecule has 1 rings (SSSR count). The Kier molecular flexibility index (Phi) is 9.58. The molecule has 0 atom stereocenters. The maximum absolute atomic E-state index is 14.6. The highest BCUT2D eigenvalue weighted by atomic mass is 19.4. The van der Waals surface area contributed by atoms with Crippen molar-refractivity contribution >= 4 is 5.57 Å². The van der Waals surface area contributed by atoms with Crippen molar-refractivity contribution in [2.45, 2.75) is 73.2 Å². The Morgan fingerprint density at radius 3 is 1.00 bits per heavy atom. The lowest BCUT2D eigenvalue weighted by Crippen LogP contribution is -2.35. The minimum Gasteiger partial charge on any atom is -0.201 e. The van der Waals surface area contributed by atoms with Crippen LogP contribution in [-0.2, 0) is 0 Å². The van der Waals surface area contributed by atoms with E-state index in [1.165, 1.54) is 0 Å². The van der Waals surface area contributed by atoms with Crippen LogP contribution in [-0.4, -0.2) is 29.7 Å². The fourth-order valence-electron chi connectivity index (χ4n) is 3.72. The zero-order valence-corrected chi connectivity index (χ0v) is 22.0. The molecule has 0 saturated heterocycles. The van der Waals surface area contributed by atoms with Crippen molar-refractivity contribution in [1.29, 1.82) is 0 Å². The molecule has 0 saturated carbocycles. The third kappa shape index (κ3) is 7.76. The molecule has 0 spiro atoms. The standard InChI is InChI=1S/C24H21F16N/c1-8(19(2,3)4)10(21(29,30)31)12(22(32,33)34)14(24(38,39)40)13(23(35,36)37)11(20(5,6)7)9-15(25)17(27)41-18(28)16(9)26/h1-7H3/b10-8-,13-11+,14-12+. The first-order valence-electron chi connectivity index (χ1n) is 11.0. The zero-order valence-electron chi connectivity index (χ0n) is 22.0. The van der Waals surface area contributed by atoms with Crippen molar-refractivity contribution in [2.75, 3.05) is 0 Å². The van der Waals surface area contributed by atoms with Gasteiger partial charge in [0.25, 0.3) is 11.9 Å². The summed E-state index contributed by atoms with van der Waals surface area (Å²) in [4.78, 5) is 2.04. The summed E-state index contributed by atoms with van der Waals surface area (Å²) in [6.07, 6.45) is -26.9. The van der Waals surface area contributed by atoms with Crippen LogP contribution in [0.25, 0.3) is 5.57 Å². The van der Waals surface area contributed by atoms with Crippen molar-refractivity contribution in [3.05, 3.63) is 57.0 Å². The first kappa shape index (κ1) is 36.3. The molecule has 0 aliphatic rings. The van der Waals surface area contributed by atoms with Gasteiger partial charge in [-0.2, -0.15) is 66.4 Å². The van der Waals surface area contributed by atoms with Crippen molar-refractivity contribution in [2.24, 2.45) is 10.8 Å². The average Bonchev–Trinajstić information content (AvgIpc) is 2.67. The quantitative estimate of drug-likeness (QED) is 0.185. The van der Waals surface area contributed by atoms with Gasteiger partial charge in [-0.05, 0) is 23.3 Å². The van der Waals surface area contributed by atoms with Crippen LogP contribution in [0, 0.1) is 34.4 Å². The molecule has 1 aromatic heterocycles. The molecule has 17 heteroatoms. The molecule has 41 heavy (non-hydrogen) atoms. The zero-order chi connectivity index (χ0) is 33.1. The van der Waals surface area contributed by atoms with Gasteiger partial charge in [0.2, 0.25) is 0 Å². The lowest BCUT2D eigenvalue weighted by Gasteiger charge is -2.34. The van der Waals surface area contributed by atoms with Gasteiger partial charge in [-0.25, -0.2) is 8.78 Å². The predicted octanol–water partition coefficient (Wildman–Crippen LogP) is 10.3. The van der Waals surface area contributed by atoms with Gasteiger partial charge in [-0.3, -0.25) is 0 Å². The summed E-state index contributed by atoms with van der Waals surface area (Å²) in [5.74, 6) is -11.1. The Balaban J connectivity index is 5.14. The fourth-order valence-corrected chi connectivity index (χ4v) is 3.72. The van der Waals surface area contributed by atoms with E-state index in [-0.39, 0.29) is 0 Å². The van der Waals surface area contributed by atoms with E-state index in [0.29, 0.717) is 27.7 Å². The van der Waals surface area contributed by atoms with E-state index in [2.05, 4.69) is 0 Å². The van der Waals surface area contributed by atoms with Gasteiger partial charge in [-0.15, -0.1) is 0 Å². The van der Waals surface area contributed by atoms with Crippen molar-refractivity contribution in [3.8, 4) is 0 Å². The van der Waals surface area contributed by atoms with E-state index < -0.39 is 98.1 Å². The topological polar surface area (TPSA) is 12.9 Å². The van der Waals surface area contributed by atoms with Gasteiger partial charge in [0.05, 0.1) is 27.9 Å². The molecule has 1 heterocycles. The van der Waals surface area contributed by atoms with Crippen LogP contribution in [0.3, 0.4) is 0 Å². The molecule has 0 aliphatic carbocycles. The maximum Gasteiger partial charge on any atom is 0.417 e. The summed E-state index contributed by atoms with van der Waals surface area (Å²) in [7, 11) is 0. The maximum atomic E-state index is 14.6. The number of pyridine rings is 1. The molecular weight excluding hydrogens is 606 g/mol. The Hall–Kier alpha value is -2.75. The normalized spacial score (nSPS) is 16.4. The van der Waals surface area contributed by atoms with Crippen LogP contribution in [0.1, 0.15) is 54.0 Å². The Morgan fingerprint density at radius 1 is 0.463 bits per heavy atom. The summed E-state index contributed by atoms with van der Waals surface area (Å²) in [5.41, 5.74) is -26.0. The Labute approximate surface area is 222 Å². The molecule has 0 amide bonds. The Morgan fingerprint density at radius 2 is 0.756 bits per heavy atom. The third-order valence-corrected chi connectivity index (χ3v) is 5.63. The van der Waals surface area contributed by atoms with Crippen LogP contribution < -0.4 is 0 Å². The van der Waals surface area contributed by atoms with Gasteiger partial charge in [0.15, 0.2) is 11.6 Å². The van der Waals surface area contributed by atoms with E-state index in [1.54, 1.807) is 0 Å². The second-order valence-corrected chi connectivity index (χ2v) is 10.7. The number of rotatable bonds is 3. The van der Waals surface area contributed by atoms with Crippen LogP contribution in [0.2, 0.25) is 0 Å². The first-order valence-corrected chi connectivity index (χ1v) is 11.0. The van der Waals surface area contributed by atoms with Crippen molar-refractivity contribution in [1.82, 2.24) is 4.98 Å². The summed E-state index contributed by atoms with van der Waals surface area (Å²) in [5, 5.41) is 0. The molecule has 0 bridgehead atoms. The van der Waals surface area contributed by atoms with E-state index in [9.17, 15) is 70.2 Å². The molecule has 1 nitrogen and oxygen atoms in total.